The number of hydrogen-bond acceptors (Lipinski definition) is 6. The van der Waals surface area contributed by atoms with Gasteiger partial charge in [-0.25, -0.2) is 0 Å². The van der Waals surface area contributed by atoms with Crippen LogP contribution in [0.25, 0.3) is 5.70 Å². The highest BCUT2D eigenvalue weighted by atomic mass is 16.5. The van der Waals surface area contributed by atoms with Crippen molar-refractivity contribution in [1.29, 1.82) is 0 Å². The molecule has 1 aliphatic carbocycles. The quantitative estimate of drug-likeness (QED) is 0.443. The molecule has 1 heterocycles. The van der Waals surface area contributed by atoms with Gasteiger partial charge in [0.25, 0.3) is 0 Å². The SMILES string of the molecule is CCOc1ccc(CNCC2CCC(C3(N)C=C(N(C)C)c4ccccc4N3)CC2)c(OCC)c1. The molecule has 0 aromatic heterocycles. The first-order valence-electron chi connectivity index (χ1n) is 13.1. The molecule has 6 nitrogen and oxygen atoms in total. The molecular weight excluding hydrogens is 436 g/mol. The number of benzene rings is 2. The lowest BCUT2D eigenvalue weighted by molar-refractivity contribution is 0.214. The zero-order chi connectivity index (χ0) is 24.8. The van der Waals surface area contributed by atoms with Gasteiger partial charge in [-0.1, -0.05) is 24.3 Å². The highest BCUT2D eigenvalue weighted by molar-refractivity contribution is 5.80. The van der Waals surface area contributed by atoms with E-state index < -0.39 is 5.66 Å². The largest absolute Gasteiger partial charge is 0.494 e. The second-order valence-electron chi connectivity index (χ2n) is 10.0. The van der Waals surface area contributed by atoms with Gasteiger partial charge in [0, 0.05) is 49.2 Å². The molecule has 190 valence electrons. The first-order valence-corrected chi connectivity index (χ1v) is 13.1. The Morgan fingerprint density at radius 3 is 2.49 bits per heavy atom. The Morgan fingerprint density at radius 2 is 1.77 bits per heavy atom. The molecule has 2 aromatic rings. The Morgan fingerprint density at radius 1 is 1.03 bits per heavy atom. The molecule has 1 fully saturated rings. The molecule has 0 amide bonds. The molecule has 0 saturated heterocycles. The van der Waals surface area contributed by atoms with Crippen LogP contribution in [0.3, 0.4) is 0 Å². The van der Waals surface area contributed by atoms with Gasteiger partial charge in [0.1, 0.15) is 17.2 Å². The number of hydrogen-bond donors (Lipinski definition) is 3. The predicted octanol–water partition coefficient (Wildman–Crippen LogP) is 5.06. The van der Waals surface area contributed by atoms with Crippen LogP contribution in [-0.4, -0.2) is 44.4 Å². The summed E-state index contributed by atoms with van der Waals surface area (Å²) in [5.41, 5.74) is 11.2. The predicted molar refractivity (Wildman–Crippen MR) is 145 cm³/mol. The van der Waals surface area contributed by atoms with Crippen molar-refractivity contribution in [2.45, 2.75) is 51.7 Å². The minimum Gasteiger partial charge on any atom is -0.494 e. The summed E-state index contributed by atoms with van der Waals surface area (Å²) in [4.78, 5) is 2.17. The van der Waals surface area contributed by atoms with Crippen LogP contribution in [0.4, 0.5) is 5.69 Å². The lowest BCUT2D eigenvalue weighted by Gasteiger charge is -2.44. The molecule has 4 rings (SSSR count). The normalized spacial score (nSPS) is 23.6. The highest BCUT2D eigenvalue weighted by Gasteiger charge is 2.39. The number of anilines is 1. The van der Waals surface area contributed by atoms with Crippen LogP contribution < -0.4 is 25.8 Å². The van der Waals surface area contributed by atoms with Crippen molar-refractivity contribution in [2.24, 2.45) is 17.6 Å². The summed E-state index contributed by atoms with van der Waals surface area (Å²) >= 11 is 0. The topological polar surface area (TPSA) is 71.8 Å². The molecule has 1 atom stereocenters. The lowest BCUT2D eigenvalue weighted by Crippen LogP contribution is -2.55. The maximum absolute atomic E-state index is 7.02. The lowest BCUT2D eigenvalue weighted by atomic mass is 9.74. The number of nitrogens with zero attached hydrogens (tertiary/aromatic N) is 1. The van der Waals surface area contributed by atoms with Crippen LogP contribution >= 0.6 is 0 Å². The average Bonchev–Trinajstić information content (AvgIpc) is 2.85. The van der Waals surface area contributed by atoms with Crippen LogP contribution in [0.5, 0.6) is 11.5 Å². The van der Waals surface area contributed by atoms with Crippen LogP contribution in [0.1, 0.15) is 50.7 Å². The smallest absolute Gasteiger partial charge is 0.127 e. The molecule has 2 aromatic carbocycles. The van der Waals surface area contributed by atoms with Crippen molar-refractivity contribution in [2.75, 3.05) is 39.2 Å². The van der Waals surface area contributed by atoms with Crippen LogP contribution in [0.2, 0.25) is 0 Å². The zero-order valence-corrected chi connectivity index (χ0v) is 21.8. The number of fused-ring (bicyclic) bond motifs is 1. The Labute approximate surface area is 210 Å². The molecular formula is C29H42N4O2. The molecule has 6 heteroatoms. The summed E-state index contributed by atoms with van der Waals surface area (Å²) in [5.74, 6) is 2.85. The van der Waals surface area contributed by atoms with Crippen molar-refractivity contribution in [3.8, 4) is 11.5 Å². The van der Waals surface area contributed by atoms with Gasteiger partial charge in [0.05, 0.1) is 13.2 Å². The fraction of sp³-hybridized carbons (Fsp3) is 0.517. The minimum absolute atomic E-state index is 0.415. The standard InChI is InChI=1S/C29H42N4O2/c1-5-34-24-16-13-22(28(17-24)35-6-2)20-31-19-21-11-14-23(15-12-21)29(30)18-27(33(3)4)25-9-7-8-10-26(25)32-29/h7-10,13,16-18,21,23,31-32H,5-6,11-12,14-15,19-20,30H2,1-4H3. The third kappa shape index (κ3) is 5.93. The molecule has 35 heavy (non-hydrogen) atoms. The summed E-state index contributed by atoms with van der Waals surface area (Å²) < 4.78 is 11.5. The van der Waals surface area contributed by atoms with E-state index in [-0.39, 0.29) is 0 Å². The van der Waals surface area contributed by atoms with Gasteiger partial charge >= 0.3 is 0 Å². The Hall–Kier alpha value is -2.70. The molecule has 0 spiro atoms. The highest BCUT2D eigenvalue weighted by Crippen LogP contribution is 2.41. The first-order chi connectivity index (χ1) is 16.9. The van der Waals surface area contributed by atoms with Gasteiger partial charge < -0.3 is 30.7 Å². The van der Waals surface area contributed by atoms with E-state index in [9.17, 15) is 0 Å². The van der Waals surface area contributed by atoms with Crippen LogP contribution in [0, 0.1) is 11.8 Å². The van der Waals surface area contributed by atoms with Crippen molar-refractivity contribution in [1.82, 2.24) is 10.2 Å². The van der Waals surface area contributed by atoms with Crippen LogP contribution in [0.15, 0.2) is 48.5 Å². The van der Waals surface area contributed by atoms with Crippen molar-refractivity contribution < 1.29 is 9.47 Å². The molecule has 1 unspecified atom stereocenters. The Kier molecular flexibility index (Phi) is 8.24. The Bertz CT molecular complexity index is 1010. The van der Waals surface area contributed by atoms with Gasteiger partial charge in [0.2, 0.25) is 0 Å². The average molecular weight is 479 g/mol. The molecule has 1 aliphatic heterocycles. The van der Waals surface area contributed by atoms with Crippen LogP contribution in [-0.2, 0) is 6.54 Å². The van der Waals surface area contributed by atoms with Gasteiger partial charge in [0.15, 0.2) is 0 Å². The van der Waals surface area contributed by atoms with E-state index in [1.807, 2.05) is 26.0 Å². The van der Waals surface area contributed by atoms with Gasteiger partial charge in [-0.15, -0.1) is 0 Å². The number of nitrogens with one attached hydrogen (secondary N) is 2. The fourth-order valence-corrected chi connectivity index (χ4v) is 5.46. The number of para-hydroxylation sites is 1. The number of nitrogens with two attached hydrogens (primary N) is 1. The van der Waals surface area contributed by atoms with Crippen molar-refractivity contribution in [3.05, 3.63) is 59.7 Å². The van der Waals surface area contributed by atoms with E-state index in [1.54, 1.807) is 0 Å². The molecule has 1 saturated carbocycles. The first kappa shape index (κ1) is 25.4. The monoisotopic (exact) mass is 478 g/mol. The fourth-order valence-electron chi connectivity index (χ4n) is 5.46. The van der Waals surface area contributed by atoms with E-state index in [1.165, 1.54) is 29.7 Å². The molecule has 0 bridgehead atoms. The number of ether oxygens (including phenoxy) is 2. The second-order valence-corrected chi connectivity index (χ2v) is 10.0. The third-order valence-electron chi connectivity index (χ3n) is 7.33. The summed E-state index contributed by atoms with van der Waals surface area (Å²) in [5, 5.41) is 7.35. The van der Waals surface area contributed by atoms with Gasteiger partial charge in [-0.2, -0.15) is 0 Å². The van der Waals surface area contributed by atoms with Gasteiger partial charge in [-0.05, 0) is 76.1 Å². The summed E-state index contributed by atoms with van der Waals surface area (Å²) in [7, 11) is 4.19. The van der Waals surface area contributed by atoms with Gasteiger partial charge in [-0.3, -0.25) is 0 Å². The number of rotatable bonds is 10. The third-order valence-corrected chi connectivity index (χ3v) is 7.33. The van der Waals surface area contributed by atoms with Crippen molar-refractivity contribution >= 4 is 11.4 Å². The van der Waals surface area contributed by atoms with Crippen molar-refractivity contribution in [3.63, 3.8) is 0 Å². The van der Waals surface area contributed by atoms with E-state index in [4.69, 9.17) is 15.2 Å². The summed E-state index contributed by atoms with van der Waals surface area (Å²) in [6.07, 6.45) is 6.88. The second kappa shape index (κ2) is 11.4. The molecule has 2 aliphatic rings. The van der Waals surface area contributed by atoms with E-state index in [0.717, 1.165) is 43.1 Å². The molecule has 4 N–H and O–H groups in total. The molecule has 0 radical (unpaired) electrons. The summed E-state index contributed by atoms with van der Waals surface area (Å²) in [6, 6.07) is 14.6. The van der Waals surface area contributed by atoms with E-state index in [2.05, 4.69) is 66.0 Å². The van der Waals surface area contributed by atoms with E-state index in [0.29, 0.717) is 25.0 Å². The van der Waals surface area contributed by atoms with E-state index >= 15 is 0 Å². The summed E-state index contributed by atoms with van der Waals surface area (Å²) in [6.45, 7) is 7.13. The minimum atomic E-state index is -0.513. The zero-order valence-electron chi connectivity index (χ0n) is 21.8. The Balaban J connectivity index is 1.32. The maximum Gasteiger partial charge on any atom is 0.127 e. The maximum atomic E-state index is 7.02.